The van der Waals surface area contributed by atoms with E-state index >= 15 is 0 Å². The molecule has 7 heteroatoms. The van der Waals surface area contributed by atoms with Crippen molar-refractivity contribution in [2.24, 2.45) is 0 Å². The summed E-state index contributed by atoms with van der Waals surface area (Å²) in [5.74, 6) is -0.175. The number of fused-ring (bicyclic) bond motifs is 2. The number of rotatable bonds is 4. The molecule has 0 bridgehead atoms. The highest BCUT2D eigenvalue weighted by Crippen LogP contribution is 2.36. The Morgan fingerprint density at radius 3 is 2.54 bits per heavy atom. The number of amides is 1. The summed E-state index contributed by atoms with van der Waals surface area (Å²) < 4.78 is 7.34. The lowest BCUT2D eigenvalue weighted by molar-refractivity contribution is 0.0547. The molecule has 0 atom stereocenters. The topological polar surface area (TPSA) is 83.8 Å². The Kier molecular flexibility index (Phi) is 6.15. The van der Waals surface area contributed by atoms with Gasteiger partial charge in [-0.2, -0.15) is 0 Å². The molecule has 3 aromatic rings. The minimum atomic E-state index is -0.675. The van der Waals surface area contributed by atoms with E-state index in [1.807, 2.05) is 39.0 Å². The molecule has 1 amide bonds. The number of hydrogen-bond donors (Lipinski definition) is 2. The SMILES string of the molecule is CC(C)(C)OC(=O)n1c(-c2cc(CO)cc3c2C(=O)NC3)cc2cc(CN3CCCCC3)ccc21. The van der Waals surface area contributed by atoms with E-state index in [2.05, 4.69) is 22.3 Å². The van der Waals surface area contributed by atoms with Gasteiger partial charge in [-0.05, 0) is 87.7 Å². The molecule has 0 spiro atoms. The molecule has 2 aromatic carbocycles. The van der Waals surface area contributed by atoms with Crippen molar-refractivity contribution in [2.45, 2.75) is 65.3 Å². The summed E-state index contributed by atoms with van der Waals surface area (Å²) >= 11 is 0. The predicted octanol–water partition coefficient (Wildman–Crippen LogP) is 4.81. The van der Waals surface area contributed by atoms with Gasteiger partial charge in [0.05, 0.1) is 23.4 Å². The standard InChI is InChI=1S/C28H33N3O4/c1-28(2,3)35-27(34)31-23-8-7-18(16-30-9-5-4-6-10-30)11-20(23)14-24(31)22-13-19(17-32)12-21-15-29-26(33)25(21)22/h7-8,11-14,32H,4-6,9-10,15-17H2,1-3H3,(H,29,33). The minimum Gasteiger partial charge on any atom is -0.443 e. The Bertz CT molecular complexity index is 1300. The zero-order chi connectivity index (χ0) is 24.7. The van der Waals surface area contributed by atoms with Crippen molar-refractivity contribution in [3.63, 3.8) is 0 Å². The molecule has 35 heavy (non-hydrogen) atoms. The molecule has 5 rings (SSSR count). The third kappa shape index (κ3) is 4.70. The van der Waals surface area contributed by atoms with Crippen LogP contribution >= 0.6 is 0 Å². The Morgan fingerprint density at radius 1 is 1.06 bits per heavy atom. The van der Waals surface area contributed by atoms with Gasteiger partial charge in [0.1, 0.15) is 5.60 Å². The number of ether oxygens (including phenoxy) is 1. The molecule has 1 saturated heterocycles. The molecule has 1 fully saturated rings. The number of aliphatic hydroxyl groups is 1. The van der Waals surface area contributed by atoms with Crippen molar-refractivity contribution >= 4 is 22.9 Å². The number of nitrogens with zero attached hydrogens (tertiary/aromatic N) is 2. The fourth-order valence-corrected chi connectivity index (χ4v) is 5.17. The second-order valence-electron chi connectivity index (χ2n) is 10.6. The maximum absolute atomic E-state index is 13.5. The molecule has 0 unspecified atom stereocenters. The van der Waals surface area contributed by atoms with Gasteiger partial charge in [0.25, 0.3) is 5.91 Å². The van der Waals surface area contributed by atoms with Crippen LogP contribution in [-0.2, 0) is 24.4 Å². The zero-order valence-corrected chi connectivity index (χ0v) is 20.7. The Morgan fingerprint density at radius 2 is 1.83 bits per heavy atom. The first kappa shape index (κ1) is 23.6. The fourth-order valence-electron chi connectivity index (χ4n) is 5.17. The second kappa shape index (κ2) is 9.13. The van der Waals surface area contributed by atoms with Gasteiger partial charge in [-0.1, -0.05) is 18.6 Å². The van der Waals surface area contributed by atoms with Crippen LogP contribution in [0.4, 0.5) is 4.79 Å². The first-order valence-corrected chi connectivity index (χ1v) is 12.4. The van der Waals surface area contributed by atoms with Gasteiger partial charge in [0.15, 0.2) is 0 Å². The Hall–Kier alpha value is -3.16. The van der Waals surface area contributed by atoms with Gasteiger partial charge in [-0.15, -0.1) is 0 Å². The van der Waals surface area contributed by atoms with E-state index in [4.69, 9.17) is 4.74 Å². The van der Waals surface area contributed by atoms with Gasteiger partial charge in [0.2, 0.25) is 0 Å². The number of nitrogens with one attached hydrogen (secondary N) is 1. The summed E-state index contributed by atoms with van der Waals surface area (Å²) in [4.78, 5) is 28.7. The van der Waals surface area contributed by atoms with Crippen LogP contribution < -0.4 is 5.32 Å². The van der Waals surface area contributed by atoms with Gasteiger partial charge < -0.3 is 15.2 Å². The van der Waals surface area contributed by atoms with Crippen LogP contribution in [0.5, 0.6) is 0 Å². The van der Waals surface area contributed by atoms with Crippen LogP contribution in [-0.4, -0.2) is 45.3 Å². The van der Waals surface area contributed by atoms with Gasteiger partial charge in [-0.25, -0.2) is 9.36 Å². The van der Waals surface area contributed by atoms with Crippen LogP contribution in [0.15, 0.2) is 36.4 Å². The molecule has 2 aliphatic heterocycles. The molecule has 2 N–H and O–H groups in total. The van der Waals surface area contributed by atoms with Gasteiger partial charge >= 0.3 is 6.09 Å². The largest absolute Gasteiger partial charge is 0.443 e. The number of likely N-dealkylation sites (tertiary alicyclic amines) is 1. The smallest absolute Gasteiger partial charge is 0.419 e. The molecule has 3 heterocycles. The first-order valence-electron chi connectivity index (χ1n) is 12.4. The number of carbonyl (C=O) groups excluding carboxylic acids is 2. The van der Waals surface area contributed by atoms with Crippen LogP contribution in [0.1, 0.15) is 67.1 Å². The highest BCUT2D eigenvalue weighted by molar-refractivity contribution is 6.07. The molecule has 0 aliphatic carbocycles. The fraction of sp³-hybridized carbons (Fsp3) is 0.429. The van der Waals surface area contributed by atoms with E-state index < -0.39 is 11.7 Å². The molecule has 7 nitrogen and oxygen atoms in total. The van der Waals surface area contributed by atoms with E-state index in [-0.39, 0.29) is 12.5 Å². The first-order chi connectivity index (χ1) is 16.7. The number of benzene rings is 2. The monoisotopic (exact) mass is 475 g/mol. The average molecular weight is 476 g/mol. The normalized spacial score (nSPS) is 16.4. The molecular formula is C28H33N3O4. The Balaban J connectivity index is 1.66. The van der Waals surface area contributed by atoms with E-state index in [0.29, 0.717) is 28.9 Å². The van der Waals surface area contributed by atoms with Crippen LogP contribution in [0.25, 0.3) is 22.2 Å². The molecule has 184 valence electrons. The summed E-state index contributed by atoms with van der Waals surface area (Å²) in [6, 6.07) is 11.8. The lowest BCUT2D eigenvalue weighted by Gasteiger charge is -2.26. The number of aromatic nitrogens is 1. The third-order valence-corrected chi connectivity index (χ3v) is 6.70. The minimum absolute atomic E-state index is 0.152. The lowest BCUT2D eigenvalue weighted by atomic mass is 9.97. The van der Waals surface area contributed by atoms with E-state index in [1.54, 1.807) is 10.6 Å². The quantitative estimate of drug-likeness (QED) is 0.566. The predicted molar refractivity (Wildman–Crippen MR) is 135 cm³/mol. The molecule has 2 aliphatic rings. The van der Waals surface area contributed by atoms with Crippen molar-refractivity contribution < 1.29 is 19.4 Å². The van der Waals surface area contributed by atoms with Crippen LogP contribution in [0.2, 0.25) is 0 Å². The van der Waals surface area contributed by atoms with Crippen molar-refractivity contribution in [1.29, 1.82) is 0 Å². The lowest BCUT2D eigenvalue weighted by Crippen LogP contribution is -2.29. The highest BCUT2D eigenvalue weighted by atomic mass is 16.6. The summed E-state index contributed by atoms with van der Waals surface area (Å²) in [5, 5.41) is 13.6. The number of piperidine rings is 1. The zero-order valence-electron chi connectivity index (χ0n) is 20.7. The molecule has 0 saturated carbocycles. The molecule has 1 aromatic heterocycles. The molecular weight excluding hydrogens is 442 g/mol. The average Bonchev–Trinajstić information content (AvgIpc) is 3.38. The summed E-state index contributed by atoms with van der Waals surface area (Å²) in [7, 11) is 0. The summed E-state index contributed by atoms with van der Waals surface area (Å²) in [6.45, 7) is 8.86. The van der Waals surface area contributed by atoms with Crippen molar-refractivity contribution in [2.75, 3.05) is 13.1 Å². The van der Waals surface area contributed by atoms with Gasteiger partial charge in [-0.3, -0.25) is 9.69 Å². The maximum atomic E-state index is 13.5. The third-order valence-electron chi connectivity index (χ3n) is 6.70. The van der Waals surface area contributed by atoms with Crippen LogP contribution in [0, 0.1) is 0 Å². The number of aliphatic hydroxyl groups excluding tert-OH is 1. The van der Waals surface area contributed by atoms with E-state index in [0.717, 1.165) is 36.1 Å². The van der Waals surface area contributed by atoms with E-state index in [9.17, 15) is 14.7 Å². The van der Waals surface area contributed by atoms with Gasteiger partial charge in [0, 0.05) is 24.0 Å². The van der Waals surface area contributed by atoms with E-state index in [1.165, 1.54) is 24.8 Å². The summed E-state index contributed by atoms with van der Waals surface area (Å²) in [5.41, 5.74) is 4.53. The molecule has 0 radical (unpaired) electrons. The van der Waals surface area contributed by atoms with Crippen molar-refractivity contribution in [1.82, 2.24) is 14.8 Å². The Labute approximate surface area is 205 Å². The number of carbonyl (C=O) groups is 2. The van der Waals surface area contributed by atoms with Crippen molar-refractivity contribution in [3.05, 3.63) is 58.7 Å². The highest BCUT2D eigenvalue weighted by Gasteiger charge is 2.29. The second-order valence-corrected chi connectivity index (χ2v) is 10.6. The summed E-state index contributed by atoms with van der Waals surface area (Å²) in [6.07, 6.45) is 3.27. The maximum Gasteiger partial charge on any atom is 0.419 e. The van der Waals surface area contributed by atoms with Crippen LogP contribution in [0.3, 0.4) is 0 Å². The van der Waals surface area contributed by atoms with Crippen molar-refractivity contribution in [3.8, 4) is 11.3 Å². The number of hydrogen-bond acceptors (Lipinski definition) is 5.